The molecule has 0 unspecified atom stereocenters. The molecule has 0 atom stereocenters. The van der Waals surface area contributed by atoms with Crippen LogP contribution in [-0.2, 0) is 6.54 Å². The average molecular weight is 272 g/mol. The van der Waals surface area contributed by atoms with Crippen molar-refractivity contribution in [3.05, 3.63) is 47.7 Å². The van der Waals surface area contributed by atoms with Gasteiger partial charge < -0.3 is 21.5 Å². The van der Waals surface area contributed by atoms with Crippen LogP contribution in [0.2, 0.25) is 0 Å². The molecular weight excluding hydrogens is 256 g/mol. The van der Waals surface area contributed by atoms with Crippen molar-refractivity contribution in [3.63, 3.8) is 0 Å². The highest BCUT2D eigenvalue weighted by Gasteiger charge is 2.05. The number of rotatable bonds is 5. The van der Waals surface area contributed by atoms with E-state index in [2.05, 4.69) is 10.3 Å². The zero-order valence-corrected chi connectivity index (χ0v) is 11.1. The molecule has 0 saturated carbocycles. The SMILES string of the molecule is COc1ccc(N)cc1CNc1ccc(C(N)=O)cn1. The minimum Gasteiger partial charge on any atom is -0.496 e. The molecule has 0 spiro atoms. The van der Waals surface area contributed by atoms with Crippen LogP contribution in [0.3, 0.4) is 0 Å². The molecule has 0 aliphatic heterocycles. The second kappa shape index (κ2) is 5.92. The predicted octanol–water partition coefficient (Wildman–Crippen LogP) is 1.38. The summed E-state index contributed by atoms with van der Waals surface area (Å²) in [7, 11) is 1.61. The highest BCUT2D eigenvalue weighted by Crippen LogP contribution is 2.21. The summed E-state index contributed by atoms with van der Waals surface area (Å²) in [6, 6.07) is 8.74. The Balaban J connectivity index is 2.08. The lowest BCUT2D eigenvalue weighted by atomic mass is 10.1. The molecule has 104 valence electrons. The van der Waals surface area contributed by atoms with Crippen LogP contribution in [-0.4, -0.2) is 18.0 Å². The largest absolute Gasteiger partial charge is 0.496 e. The van der Waals surface area contributed by atoms with E-state index in [1.165, 1.54) is 6.20 Å². The number of carbonyl (C=O) groups is 1. The number of carbonyl (C=O) groups excluding carboxylic acids is 1. The Morgan fingerprint density at radius 1 is 1.35 bits per heavy atom. The Bertz CT molecular complexity index is 611. The number of benzene rings is 1. The van der Waals surface area contributed by atoms with Gasteiger partial charge in [-0.2, -0.15) is 0 Å². The first-order chi connectivity index (χ1) is 9.60. The number of nitrogens with zero attached hydrogens (tertiary/aromatic N) is 1. The van der Waals surface area contributed by atoms with Crippen molar-refractivity contribution in [1.29, 1.82) is 0 Å². The third-order valence-corrected chi connectivity index (χ3v) is 2.81. The van der Waals surface area contributed by atoms with Crippen molar-refractivity contribution >= 4 is 17.4 Å². The van der Waals surface area contributed by atoms with Crippen LogP contribution in [0.1, 0.15) is 15.9 Å². The van der Waals surface area contributed by atoms with Gasteiger partial charge >= 0.3 is 0 Å². The van der Waals surface area contributed by atoms with Crippen LogP contribution in [0.5, 0.6) is 5.75 Å². The molecule has 5 N–H and O–H groups in total. The highest BCUT2D eigenvalue weighted by molar-refractivity contribution is 5.92. The van der Waals surface area contributed by atoms with Gasteiger partial charge in [-0.05, 0) is 30.3 Å². The van der Waals surface area contributed by atoms with E-state index < -0.39 is 5.91 Å². The van der Waals surface area contributed by atoms with E-state index in [0.717, 1.165) is 11.3 Å². The van der Waals surface area contributed by atoms with Gasteiger partial charge in [-0.3, -0.25) is 4.79 Å². The molecule has 0 bridgehead atoms. The van der Waals surface area contributed by atoms with Gasteiger partial charge in [-0.1, -0.05) is 0 Å². The zero-order valence-electron chi connectivity index (χ0n) is 11.1. The Morgan fingerprint density at radius 2 is 2.15 bits per heavy atom. The quantitative estimate of drug-likeness (QED) is 0.713. The molecule has 0 radical (unpaired) electrons. The molecule has 0 fully saturated rings. The number of nitrogen functional groups attached to an aromatic ring is 1. The number of hydrogen-bond donors (Lipinski definition) is 3. The van der Waals surface area contributed by atoms with Crippen molar-refractivity contribution in [2.24, 2.45) is 5.73 Å². The van der Waals surface area contributed by atoms with Crippen molar-refractivity contribution in [1.82, 2.24) is 4.98 Å². The second-order valence-corrected chi connectivity index (χ2v) is 4.22. The standard InChI is InChI=1S/C14H16N4O2/c1-20-12-4-3-11(15)6-10(12)8-18-13-5-2-9(7-17-13)14(16)19/h2-7H,8,15H2,1H3,(H2,16,19)(H,17,18). The maximum atomic E-state index is 10.9. The number of pyridine rings is 1. The number of amides is 1. The number of aromatic nitrogens is 1. The van der Waals surface area contributed by atoms with Crippen molar-refractivity contribution in [2.75, 3.05) is 18.2 Å². The maximum absolute atomic E-state index is 10.9. The Morgan fingerprint density at radius 3 is 2.75 bits per heavy atom. The minimum absolute atomic E-state index is 0.372. The molecule has 6 nitrogen and oxygen atoms in total. The first kappa shape index (κ1) is 13.7. The average Bonchev–Trinajstić information content (AvgIpc) is 2.45. The summed E-state index contributed by atoms with van der Waals surface area (Å²) < 4.78 is 5.26. The van der Waals surface area contributed by atoms with E-state index in [-0.39, 0.29) is 0 Å². The topological polar surface area (TPSA) is 103 Å². The van der Waals surface area contributed by atoms with Gasteiger partial charge in [0.25, 0.3) is 0 Å². The Kier molecular flexibility index (Phi) is 4.05. The van der Waals surface area contributed by atoms with E-state index >= 15 is 0 Å². The Hall–Kier alpha value is -2.76. The normalized spacial score (nSPS) is 10.1. The molecule has 1 heterocycles. The lowest BCUT2D eigenvalue weighted by molar-refractivity contribution is 0.1000. The summed E-state index contributed by atoms with van der Waals surface area (Å²) in [6.45, 7) is 0.511. The number of methoxy groups -OCH3 is 1. The van der Waals surface area contributed by atoms with Gasteiger partial charge in [-0.25, -0.2) is 4.98 Å². The van der Waals surface area contributed by atoms with E-state index in [4.69, 9.17) is 16.2 Å². The number of primary amides is 1. The number of nitrogens with one attached hydrogen (secondary N) is 1. The first-order valence-electron chi connectivity index (χ1n) is 6.02. The summed E-state index contributed by atoms with van der Waals surface area (Å²) in [5, 5.41) is 3.13. The molecule has 6 heteroatoms. The van der Waals surface area contributed by atoms with Gasteiger partial charge in [-0.15, -0.1) is 0 Å². The molecular formula is C14H16N4O2. The van der Waals surface area contributed by atoms with Gasteiger partial charge in [0.15, 0.2) is 0 Å². The van der Waals surface area contributed by atoms with Gasteiger partial charge in [0, 0.05) is 24.0 Å². The molecule has 1 aromatic carbocycles. The van der Waals surface area contributed by atoms with Crippen LogP contribution in [0.15, 0.2) is 36.5 Å². The fourth-order valence-electron chi connectivity index (χ4n) is 1.77. The third kappa shape index (κ3) is 3.17. The fraction of sp³-hybridized carbons (Fsp3) is 0.143. The molecule has 20 heavy (non-hydrogen) atoms. The lowest BCUT2D eigenvalue weighted by Crippen LogP contribution is -2.11. The van der Waals surface area contributed by atoms with Crippen LogP contribution in [0.4, 0.5) is 11.5 Å². The maximum Gasteiger partial charge on any atom is 0.250 e. The van der Waals surface area contributed by atoms with E-state index in [9.17, 15) is 4.79 Å². The van der Waals surface area contributed by atoms with Gasteiger partial charge in [0.1, 0.15) is 11.6 Å². The lowest BCUT2D eigenvalue weighted by Gasteiger charge is -2.11. The smallest absolute Gasteiger partial charge is 0.250 e. The van der Waals surface area contributed by atoms with Gasteiger partial charge in [0.2, 0.25) is 5.91 Å². The van der Waals surface area contributed by atoms with Crippen LogP contribution >= 0.6 is 0 Å². The predicted molar refractivity (Wildman–Crippen MR) is 77.5 cm³/mol. The summed E-state index contributed by atoms with van der Waals surface area (Å²) in [6.07, 6.45) is 1.43. The highest BCUT2D eigenvalue weighted by atomic mass is 16.5. The van der Waals surface area contributed by atoms with Crippen LogP contribution < -0.4 is 21.5 Å². The van der Waals surface area contributed by atoms with Crippen molar-refractivity contribution < 1.29 is 9.53 Å². The van der Waals surface area contributed by atoms with Crippen LogP contribution in [0, 0.1) is 0 Å². The van der Waals surface area contributed by atoms with Crippen molar-refractivity contribution in [2.45, 2.75) is 6.54 Å². The monoisotopic (exact) mass is 272 g/mol. The van der Waals surface area contributed by atoms with Gasteiger partial charge in [0.05, 0.1) is 12.7 Å². The van der Waals surface area contributed by atoms with Crippen LogP contribution in [0.25, 0.3) is 0 Å². The molecule has 0 saturated heterocycles. The first-order valence-corrected chi connectivity index (χ1v) is 6.02. The van der Waals surface area contributed by atoms with E-state index in [0.29, 0.717) is 23.6 Å². The fourth-order valence-corrected chi connectivity index (χ4v) is 1.77. The van der Waals surface area contributed by atoms with Crippen molar-refractivity contribution in [3.8, 4) is 5.75 Å². The zero-order chi connectivity index (χ0) is 14.5. The molecule has 1 aromatic heterocycles. The third-order valence-electron chi connectivity index (χ3n) is 2.81. The number of ether oxygens (including phenoxy) is 1. The number of anilines is 2. The van der Waals surface area contributed by atoms with E-state index in [1.54, 1.807) is 25.3 Å². The summed E-state index contributed by atoms with van der Waals surface area (Å²) >= 11 is 0. The molecule has 0 aliphatic rings. The second-order valence-electron chi connectivity index (χ2n) is 4.22. The molecule has 0 aliphatic carbocycles. The number of nitrogens with two attached hydrogens (primary N) is 2. The van der Waals surface area contributed by atoms with E-state index in [1.807, 2.05) is 12.1 Å². The molecule has 2 aromatic rings. The number of hydrogen-bond acceptors (Lipinski definition) is 5. The molecule has 1 amide bonds. The molecule has 2 rings (SSSR count). The summed E-state index contributed by atoms with van der Waals surface area (Å²) in [5.41, 5.74) is 12.9. The summed E-state index contributed by atoms with van der Waals surface area (Å²) in [5.74, 6) is 0.890. The Labute approximate surface area is 116 Å². The minimum atomic E-state index is -0.499. The summed E-state index contributed by atoms with van der Waals surface area (Å²) in [4.78, 5) is 15.1.